The van der Waals surface area contributed by atoms with Gasteiger partial charge in [-0.1, -0.05) is 78.1 Å². The van der Waals surface area contributed by atoms with Gasteiger partial charge in [0.2, 0.25) is 0 Å². The number of esters is 1. The van der Waals surface area contributed by atoms with Gasteiger partial charge in [-0.05, 0) is 80.5 Å². The first kappa shape index (κ1) is 26.1. The Labute approximate surface area is 203 Å². The lowest BCUT2D eigenvalue weighted by atomic mass is 9.78. The molecule has 3 rings (SSSR count). The maximum Gasteiger partial charge on any atom is 0.314 e. The average Bonchev–Trinajstić information content (AvgIpc) is 2.84. The Morgan fingerprint density at radius 3 is 1.97 bits per heavy atom. The first-order chi connectivity index (χ1) is 16.1. The fourth-order valence-electron chi connectivity index (χ4n) is 5.71. The van der Waals surface area contributed by atoms with E-state index < -0.39 is 0 Å². The van der Waals surface area contributed by atoms with Crippen LogP contribution in [0.1, 0.15) is 117 Å². The average molecular weight is 457 g/mol. The molecule has 1 aromatic rings. The first-order valence-electron chi connectivity index (χ1n) is 14.1. The molecule has 2 aliphatic rings. The number of benzene rings is 1. The van der Waals surface area contributed by atoms with E-state index in [-0.39, 0.29) is 11.9 Å². The monoisotopic (exact) mass is 456 g/mol. The van der Waals surface area contributed by atoms with Gasteiger partial charge in [-0.2, -0.15) is 0 Å². The Hall–Kier alpha value is -1.51. The van der Waals surface area contributed by atoms with Gasteiger partial charge in [-0.25, -0.2) is 0 Å². The number of ether oxygens (including phenoxy) is 2. The lowest BCUT2D eigenvalue weighted by Gasteiger charge is -2.28. The van der Waals surface area contributed by atoms with E-state index >= 15 is 0 Å². The van der Waals surface area contributed by atoms with Gasteiger partial charge in [0.1, 0.15) is 11.5 Å². The summed E-state index contributed by atoms with van der Waals surface area (Å²) in [7, 11) is 0. The highest BCUT2D eigenvalue weighted by Gasteiger charge is 2.26. The molecule has 0 saturated heterocycles. The summed E-state index contributed by atoms with van der Waals surface area (Å²) in [5, 5.41) is 0. The summed E-state index contributed by atoms with van der Waals surface area (Å²) < 4.78 is 11.6. The van der Waals surface area contributed by atoms with E-state index in [1.165, 1.54) is 70.6 Å². The predicted molar refractivity (Wildman–Crippen MR) is 137 cm³/mol. The topological polar surface area (TPSA) is 35.5 Å². The zero-order valence-corrected chi connectivity index (χ0v) is 21.4. The number of hydrogen-bond acceptors (Lipinski definition) is 3. The van der Waals surface area contributed by atoms with E-state index in [0.717, 1.165) is 62.2 Å². The number of rotatable bonds is 13. The zero-order chi connectivity index (χ0) is 23.3. The highest BCUT2D eigenvalue weighted by atomic mass is 16.5. The molecular weight excluding hydrogens is 408 g/mol. The smallest absolute Gasteiger partial charge is 0.314 e. The maximum absolute atomic E-state index is 12.4. The Morgan fingerprint density at radius 1 is 0.758 bits per heavy atom. The molecule has 2 aliphatic carbocycles. The maximum atomic E-state index is 12.4. The predicted octanol–water partition coefficient (Wildman–Crippen LogP) is 8.74. The van der Waals surface area contributed by atoms with Crippen molar-refractivity contribution < 1.29 is 14.3 Å². The van der Waals surface area contributed by atoms with Gasteiger partial charge in [-0.3, -0.25) is 4.79 Å². The summed E-state index contributed by atoms with van der Waals surface area (Å²) in [5.74, 6) is 4.13. The molecule has 2 fully saturated rings. The van der Waals surface area contributed by atoms with Crippen LogP contribution < -0.4 is 9.47 Å². The van der Waals surface area contributed by atoms with Crippen molar-refractivity contribution in [1.82, 2.24) is 0 Å². The summed E-state index contributed by atoms with van der Waals surface area (Å²) in [5.41, 5.74) is 0. The Balaban J connectivity index is 1.24. The van der Waals surface area contributed by atoms with Gasteiger partial charge < -0.3 is 9.47 Å². The molecule has 0 heterocycles. The van der Waals surface area contributed by atoms with Crippen molar-refractivity contribution in [2.24, 2.45) is 23.7 Å². The summed E-state index contributed by atoms with van der Waals surface area (Å²) in [6.07, 6.45) is 20.9. The summed E-state index contributed by atoms with van der Waals surface area (Å²) in [6.45, 7) is 5.33. The van der Waals surface area contributed by atoms with Crippen LogP contribution in [0.2, 0.25) is 0 Å². The molecule has 3 nitrogen and oxygen atoms in total. The second kappa shape index (κ2) is 14.7. The normalized spacial score (nSPS) is 25.5. The van der Waals surface area contributed by atoms with Gasteiger partial charge in [-0.15, -0.1) is 0 Å². The molecule has 2 saturated carbocycles. The van der Waals surface area contributed by atoms with Crippen molar-refractivity contribution in [2.75, 3.05) is 6.61 Å². The van der Waals surface area contributed by atoms with Crippen molar-refractivity contribution in [3.05, 3.63) is 24.3 Å². The molecule has 0 atom stereocenters. The quantitative estimate of drug-likeness (QED) is 0.169. The fourth-order valence-corrected chi connectivity index (χ4v) is 5.71. The molecule has 0 amide bonds. The third kappa shape index (κ3) is 9.71. The Morgan fingerprint density at radius 2 is 1.33 bits per heavy atom. The van der Waals surface area contributed by atoms with Crippen LogP contribution in [0.3, 0.4) is 0 Å². The molecule has 3 heteroatoms. The SMILES string of the molecule is CCCCCCCC1CCC(CCCOc2ccc(OC(=O)C3CCC(C)CC3)cc2)CC1. The standard InChI is InChI=1S/C30H48O3/c1-3-4-5-6-7-9-25-13-15-26(16-14-25)10-8-23-32-28-19-21-29(22-20-28)33-30(31)27-17-11-24(2)12-18-27/h19-22,24-27H,3-18,23H2,1-2H3. The molecule has 0 bridgehead atoms. The van der Waals surface area contributed by atoms with Crippen LogP contribution in [0.5, 0.6) is 11.5 Å². The van der Waals surface area contributed by atoms with E-state index in [1.54, 1.807) is 0 Å². The number of hydrogen-bond donors (Lipinski definition) is 0. The van der Waals surface area contributed by atoms with Crippen molar-refractivity contribution in [2.45, 2.75) is 117 Å². The summed E-state index contributed by atoms with van der Waals surface area (Å²) in [4.78, 5) is 12.4. The third-order valence-corrected chi connectivity index (χ3v) is 8.10. The molecule has 0 unspecified atom stereocenters. The van der Waals surface area contributed by atoms with E-state index in [4.69, 9.17) is 9.47 Å². The Kier molecular flexibility index (Phi) is 11.6. The molecule has 33 heavy (non-hydrogen) atoms. The zero-order valence-electron chi connectivity index (χ0n) is 21.4. The minimum atomic E-state index is -0.0678. The third-order valence-electron chi connectivity index (χ3n) is 8.10. The Bertz CT molecular complexity index is 652. The van der Waals surface area contributed by atoms with Gasteiger partial charge in [0.15, 0.2) is 0 Å². The van der Waals surface area contributed by atoms with Crippen molar-refractivity contribution in [3.8, 4) is 11.5 Å². The highest BCUT2D eigenvalue weighted by molar-refractivity contribution is 5.75. The molecule has 0 aromatic heterocycles. The van der Waals surface area contributed by atoms with Gasteiger partial charge in [0.25, 0.3) is 0 Å². The molecular formula is C30H48O3. The lowest BCUT2D eigenvalue weighted by Crippen LogP contribution is -2.24. The number of unbranched alkanes of at least 4 members (excludes halogenated alkanes) is 4. The van der Waals surface area contributed by atoms with Crippen LogP contribution in [-0.4, -0.2) is 12.6 Å². The van der Waals surface area contributed by atoms with E-state index in [9.17, 15) is 4.79 Å². The second-order valence-electron chi connectivity index (χ2n) is 10.9. The minimum Gasteiger partial charge on any atom is -0.494 e. The van der Waals surface area contributed by atoms with Crippen LogP contribution in [0.15, 0.2) is 24.3 Å². The minimum absolute atomic E-state index is 0.0676. The van der Waals surface area contributed by atoms with Crippen LogP contribution in [0, 0.1) is 23.7 Å². The molecule has 186 valence electrons. The van der Waals surface area contributed by atoms with E-state index in [1.807, 2.05) is 24.3 Å². The van der Waals surface area contributed by atoms with Crippen LogP contribution >= 0.6 is 0 Å². The van der Waals surface area contributed by atoms with Crippen molar-refractivity contribution in [3.63, 3.8) is 0 Å². The molecule has 0 spiro atoms. The lowest BCUT2D eigenvalue weighted by molar-refractivity contribution is -0.140. The molecule has 0 aliphatic heterocycles. The largest absolute Gasteiger partial charge is 0.494 e. The van der Waals surface area contributed by atoms with E-state index in [2.05, 4.69) is 13.8 Å². The molecule has 0 radical (unpaired) electrons. The van der Waals surface area contributed by atoms with Crippen LogP contribution in [0.4, 0.5) is 0 Å². The van der Waals surface area contributed by atoms with Crippen LogP contribution in [0.25, 0.3) is 0 Å². The summed E-state index contributed by atoms with van der Waals surface area (Å²) in [6, 6.07) is 7.58. The number of carbonyl (C=O) groups excluding carboxylic acids is 1. The van der Waals surface area contributed by atoms with Gasteiger partial charge in [0.05, 0.1) is 12.5 Å². The van der Waals surface area contributed by atoms with Gasteiger partial charge >= 0.3 is 5.97 Å². The molecule has 1 aromatic carbocycles. The number of carbonyl (C=O) groups is 1. The van der Waals surface area contributed by atoms with Crippen molar-refractivity contribution in [1.29, 1.82) is 0 Å². The van der Waals surface area contributed by atoms with E-state index in [0.29, 0.717) is 5.75 Å². The second-order valence-corrected chi connectivity index (χ2v) is 10.9. The van der Waals surface area contributed by atoms with Crippen LogP contribution in [-0.2, 0) is 4.79 Å². The molecule has 0 N–H and O–H groups in total. The van der Waals surface area contributed by atoms with Crippen molar-refractivity contribution >= 4 is 5.97 Å². The first-order valence-corrected chi connectivity index (χ1v) is 14.1. The van der Waals surface area contributed by atoms with Gasteiger partial charge in [0, 0.05) is 0 Å². The fraction of sp³-hybridized carbons (Fsp3) is 0.767. The summed E-state index contributed by atoms with van der Waals surface area (Å²) >= 11 is 0. The highest BCUT2D eigenvalue weighted by Crippen LogP contribution is 2.34.